The van der Waals surface area contributed by atoms with Crippen molar-refractivity contribution in [2.45, 2.75) is 26.1 Å². The lowest BCUT2D eigenvalue weighted by Crippen LogP contribution is -2.34. The average molecular weight is 296 g/mol. The second-order valence-corrected chi connectivity index (χ2v) is 5.84. The predicted octanol–water partition coefficient (Wildman–Crippen LogP) is 4.04. The van der Waals surface area contributed by atoms with Crippen LogP contribution in [-0.2, 0) is 14.3 Å². The smallest absolute Gasteiger partial charge is 0.339 e. The van der Waals surface area contributed by atoms with Crippen LogP contribution in [0, 0.1) is 5.92 Å². The van der Waals surface area contributed by atoms with E-state index in [-0.39, 0.29) is 18.0 Å². The predicted molar refractivity (Wildman–Crippen MR) is 86.5 cm³/mol. The lowest BCUT2D eigenvalue weighted by atomic mass is 9.90. The number of esters is 1. The Kier molecular flexibility index (Phi) is 3.99. The molecule has 0 N–H and O–H groups in total. The van der Waals surface area contributed by atoms with Gasteiger partial charge in [-0.3, -0.25) is 0 Å². The van der Waals surface area contributed by atoms with Crippen LogP contribution in [-0.4, -0.2) is 19.2 Å². The molecule has 22 heavy (non-hydrogen) atoms. The second-order valence-electron chi connectivity index (χ2n) is 5.84. The summed E-state index contributed by atoms with van der Waals surface area (Å²) in [6.45, 7) is 4.02. The Balaban J connectivity index is 1.97. The first kappa shape index (κ1) is 14.8. The van der Waals surface area contributed by atoms with E-state index in [9.17, 15) is 4.79 Å². The molecule has 3 atom stereocenters. The zero-order chi connectivity index (χ0) is 15.7. The summed E-state index contributed by atoms with van der Waals surface area (Å²) in [4.78, 5) is 11.9. The SMILES string of the molecule is COC(=O)[C@H]1O[C@H](c2ccc3ccccc3c2)[C@@H](C)C=C1C. The maximum Gasteiger partial charge on any atom is 0.339 e. The fraction of sp³-hybridized carbons (Fsp3) is 0.316. The molecule has 0 spiro atoms. The summed E-state index contributed by atoms with van der Waals surface area (Å²) in [5.41, 5.74) is 2.00. The highest BCUT2D eigenvalue weighted by atomic mass is 16.6. The monoisotopic (exact) mass is 296 g/mol. The molecule has 2 aromatic carbocycles. The zero-order valence-corrected chi connectivity index (χ0v) is 13.1. The minimum absolute atomic E-state index is 0.141. The highest BCUT2D eigenvalue weighted by Gasteiger charge is 2.33. The molecule has 1 heterocycles. The minimum Gasteiger partial charge on any atom is -0.467 e. The molecule has 3 heteroatoms. The van der Waals surface area contributed by atoms with E-state index in [1.165, 1.54) is 17.9 Å². The van der Waals surface area contributed by atoms with Crippen LogP contribution in [0.4, 0.5) is 0 Å². The van der Waals surface area contributed by atoms with Gasteiger partial charge in [-0.2, -0.15) is 0 Å². The van der Waals surface area contributed by atoms with E-state index in [1.54, 1.807) is 0 Å². The van der Waals surface area contributed by atoms with Crippen LogP contribution in [0.15, 0.2) is 54.1 Å². The number of hydrogen-bond donors (Lipinski definition) is 0. The van der Waals surface area contributed by atoms with Gasteiger partial charge in [0.15, 0.2) is 6.10 Å². The quantitative estimate of drug-likeness (QED) is 0.620. The van der Waals surface area contributed by atoms with Gasteiger partial charge in [0, 0.05) is 5.92 Å². The molecule has 0 amide bonds. The second kappa shape index (κ2) is 5.93. The number of benzene rings is 2. The Hall–Kier alpha value is -2.13. The third kappa shape index (κ3) is 2.64. The summed E-state index contributed by atoms with van der Waals surface area (Å²) in [6.07, 6.45) is 1.35. The molecule has 0 saturated carbocycles. The molecule has 2 aromatic rings. The van der Waals surface area contributed by atoms with Gasteiger partial charge in [0.1, 0.15) is 0 Å². The molecular formula is C19H20O3. The van der Waals surface area contributed by atoms with E-state index in [4.69, 9.17) is 9.47 Å². The molecule has 1 aliphatic heterocycles. The van der Waals surface area contributed by atoms with E-state index >= 15 is 0 Å². The number of carbonyl (C=O) groups excluding carboxylic acids is 1. The third-order valence-corrected chi connectivity index (χ3v) is 4.22. The van der Waals surface area contributed by atoms with Crippen LogP contribution in [0.5, 0.6) is 0 Å². The summed E-state index contributed by atoms with van der Waals surface area (Å²) in [5, 5.41) is 2.38. The number of rotatable bonds is 2. The van der Waals surface area contributed by atoms with E-state index in [2.05, 4.69) is 43.3 Å². The summed E-state index contributed by atoms with van der Waals surface area (Å²) < 4.78 is 10.9. The Morgan fingerprint density at radius 2 is 1.86 bits per heavy atom. The van der Waals surface area contributed by atoms with Gasteiger partial charge in [-0.05, 0) is 34.9 Å². The van der Waals surface area contributed by atoms with Crippen molar-refractivity contribution in [3.05, 3.63) is 59.7 Å². The molecular weight excluding hydrogens is 276 g/mol. The minimum atomic E-state index is -0.613. The van der Waals surface area contributed by atoms with Gasteiger partial charge in [0.2, 0.25) is 0 Å². The van der Waals surface area contributed by atoms with Crippen molar-refractivity contribution < 1.29 is 14.3 Å². The van der Waals surface area contributed by atoms with Crippen LogP contribution in [0.3, 0.4) is 0 Å². The van der Waals surface area contributed by atoms with Gasteiger partial charge in [0.05, 0.1) is 13.2 Å². The zero-order valence-electron chi connectivity index (χ0n) is 13.1. The van der Waals surface area contributed by atoms with Crippen molar-refractivity contribution in [1.82, 2.24) is 0 Å². The van der Waals surface area contributed by atoms with Gasteiger partial charge >= 0.3 is 5.97 Å². The van der Waals surface area contributed by atoms with E-state index in [0.29, 0.717) is 0 Å². The van der Waals surface area contributed by atoms with Crippen LogP contribution < -0.4 is 0 Å². The van der Waals surface area contributed by atoms with Crippen molar-refractivity contribution in [2.75, 3.05) is 7.11 Å². The molecule has 3 nitrogen and oxygen atoms in total. The van der Waals surface area contributed by atoms with Crippen molar-refractivity contribution in [3.63, 3.8) is 0 Å². The van der Waals surface area contributed by atoms with Crippen LogP contribution in [0.2, 0.25) is 0 Å². The molecule has 0 saturated heterocycles. The maximum atomic E-state index is 11.9. The maximum absolute atomic E-state index is 11.9. The van der Waals surface area contributed by atoms with Crippen LogP contribution in [0.25, 0.3) is 10.8 Å². The molecule has 0 unspecified atom stereocenters. The molecule has 114 valence electrons. The van der Waals surface area contributed by atoms with Crippen LogP contribution >= 0.6 is 0 Å². The number of ether oxygens (including phenoxy) is 2. The fourth-order valence-electron chi connectivity index (χ4n) is 3.08. The molecule has 1 aliphatic rings. The van der Waals surface area contributed by atoms with E-state index in [1.807, 2.05) is 19.1 Å². The van der Waals surface area contributed by atoms with Crippen molar-refractivity contribution in [3.8, 4) is 0 Å². The highest BCUT2D eigenvalue weighted by molar-refractivity contribution is 5.83. The lowest BCUT2D eigenvalue weighted by Gasteiger charge is -2.32. The third-order valence-electron chi connectivity index (χ3n) is 4.22. The molecule has 0 aliphatic carbocycles. The standard InChI is InChI=1S/C19H20O3/c1-12-10-13(2)18(19(20)21-3)22-17(12)16-9-8-14-6-4-5-7-15(14)11-16/h4-12,17-18H,1-3H3/t12-,17-,18-/m0/s1. The van der Waals surface area contributed by atoms with Gasteiger partial charge in [0.25, 0.3) is 0 Å². The average Bonchev–Trinajstić information content (AvgIpc) is 2.54. The molecule has 0 bridgehead atoms. The Morgan fingerprint density at radius 1 is 1.14 bits per heavy atom. The number of carbonyl (C=O) groups is 1. The van der Waals surface area contributed by atoms with Crippen molar-refractivity contribution in [2.24, 2.45) is 5.92 Å². The van der Waals surface area contributed by atoms with Gasteiger partial charge in [-0.25, -0.2) is 4.79 Å². The van der Waals surface area contributed by atoms with E-state index < -0.39 is 6.10 Å². The fourth-order valence-corrected chi connectivity index (χ4v) is 3.08. The lowest BCUT2D eigenvalue weighted by molar-refractivity contribution is -0.157. The molecule has 0 aromatic heterocycles. The summed E-state index contributed by atoms with van der Waals surface area (Å²) in [7, 11) is 1.39. The molecule has 3 rings (SSSR count). The molecule has 0 radical (unpaired) electrons. The first-order valence-corrected chi connectivity index (χ1v) is 7.50. The summed E-state index contributed by atoms with van der Waals surface area (Å²) in [5.74, 6) is -0.131. The normalized spacial score (nSPS) is 24.9. The van der Waals surface area contributed by atoms with Crippen molar-refractivity contribution in [1.29, 1.82) is 0 Å². The van der Waals surface area contributed by atoms with Crippen molar-refractivity contribution >= 4 is 16.7 Å². The van der Waals surface area contributed by atoms with Crippen LogP contribution in [0.1, 0.15) is 25.5 Å². The van der Waals surface area contributed by atoms with Gasteiger partial charge in [-0.1, -0.05) is 49.4 Å². The van der Waals surface area contributed by atoms with E-state index in [0.717, 1.165) is 11.1 Å². The highest BCUT2D eigenvalue weighted by Crippen LogP contribution is 2.36. The Bertz CT molecular complexity index is 732. The topological polar surface area (TPSA) is 35.5 Å². The first-order valence-electron chi connectivity index (χ1n) is 7.50. The first-order chi connectivity index (χ1) is 10.6. The van der Waals surface area contributed by atoms with Gasteiger partial charge in [-0.15, -0.1) is 0 Å². The number of methoxy groups -OCH3 is 1. The Morgan fingerprint density at radius 3 is 2.59 bits per heavy atom. The van der Waals surface area contributed by atoms with Gasteiger partial charge < -0.3 is 9.47 Å². The Labute approximate surface area is 130 Å². The number of fused-ring (bicyclic) bond motifs is 1. The summed E-state index contributed by atoms with van der Waals surface area (Å²) >= 11 is 0. The number of hydrogen-bond acceptors (Lipinski definition) is 3. The largest absolute Gasteiger partial charge is 0.467 e. The molecule has 0 fully saturated rings. The summed E-state index contributed by atoms with van der Waals surface area (Å²) in [6, 6.07) is 14.5.